The summed E-state index contributed by atoms with van der Waals surface area (Å²) in [5.74, 6) is 0.390. The van der Waals surface area contributed by atoms with Crippen molar-refractivity contribution in [1.82, 2.24) is 10.5 Å². The van der Waals surface area contributed by atoms with Crippen LogP contribution in [0.2, 0.25) is 0 Å². The molecule has 0 saturated carbocycles. The Morgan fingerprint density at radius 1 is 1.10 bits per heavy atom. The van der Waals surface area contributed by atoms with Crippen molar-refractivity contribution in [1.29, 1.82) is 0 Å². The number of aromatic nitrogens is 1. The third kappa shape index (κ3) is 5.42. The summed E-state index contributed by atoms with van der Waals surface area (Å²) in [5, 5.41) is 8.51. The first-order chi connectivity index (χ1) is 14.8. The maximum Gasteiger partial charge on any atom is 0.342 e. The lowest BCUT2D eigenvalue weighted by atomic mass is 10.1. The molecule has 0 aliphatic rings. The van der Waals surface area contributed by atoms with Crippen LogP contribution in [0.25, 0.3) is 10.8 Å². The molecule has 7 heteroatoms. The smallest absolute Gasteiger partial charge is 0.342 e. The van der Waals surface area contributed by atoms with Crippen LogP contribution in [-0.2, 0) is 16.1 Å². The predicted octanol–water partition coefficient (Wildman–Crippen LogP) is 4.34. The van der Waals surface area contributed by atoms with Crippen molar-refractivity contribution in [3.63, 3.8) is 0 Å². The largest absolute Gasteiger partial charge is 0.488 e. The van der Waals surface area contributed by atoms with Gasteiger partial charge in [0.2, 0.25) is 0 Å². The van der Waals surface area contributed by atoms with Crippen molar-refractivity contribution in [2.24, 2.45) is 5.92 Å². The Bertz CT molecular complexity index is 1070. The van der Waals surface area contributed by atoms with Gasteiger partial charge in [-0.25, -0.2) is 4.79 Å². The van der Waals surface area contributed by atoms with E-state index in [0.717, 1.165) is 22.0 Å². The third-order valence-electron chi connectivity index (χ3n) is 4.96. The second kappa shape index (κ2) is 9.64. The van der Waals surface area contributed by atoms with E-state index in [4.69, 9.17) is 14.0 Å². The van der Waals surface area contributed by atoms with Gasteiger partial charge in [-0.05, 0) is 49.6 Å². The second-order valence-corrected chi connectivity index (χ2v) is 7.97. The average Bonchev–Trinajstić information content (AvgIpc) is 3.06. The van der Waals surface area contributed by atoms with Gasteiger partial charge in [-0.15, -0.1) is 0 Å². The Morgan fingerprint density at radius 2 is 1.77 bits per heavy atom. The Labute approximate surface area is 181 Å². The normalized spacial score (nSPS) is 12.1. The molecular formula is C24H28N2O5. The molecule has 0 radical (unpaired) electrons. The lowest BCUT2D eigenvalue weighted by molar-refractivity contribution is -0.129. The highest BCUT2D eigenvalue weighted by atomic mass is 16.5. The first kappa shape index (κ1) is 22.3. The SMILES string of the molecule is Cc1noc(C)c1COc1cc2ccccc2cc1C(=O)O[C@@H](C)C(=O)NCC(C)C. The minimum absolute atomic E-state index is 0.199. The number of ether oxygens (including phenoxy) is 2. The van der Waals surface area contributed by atoms with Crippen molar-refractivity contribution in [2.75, 3.05) is 6.54 Å². The zero-order valence-electron chi connectivity index (χ0n) is 18.5. The van der Waals surface area contributed by atoms with Gasteiger partial charge in [-0.3, -0.25) is 4.79 Å². The lowest BCUT2D eigenvalue weighted by Gasteiger charge is -2.17. The summed E-state index contributed by atoms with van der Waals surface area (Å²) >= 11 is 0. The van der Waals surface area contributed by atoms with Gasteiger partial charge in [0, 0.05) is 6.54 Å². The summed E-state index contributed by atoms with van der Waals surface area (Å²) in [6.45, 7) is 9.91. The summed E-state index contributed by atoms with van der Waals surface area (Å²) in [4.78, 5) is 25.2. The second-order valence-electron chi connectivity index (χ2n) is 7.97. The van der Waals surface area contributed by atoms with Gasteiger partial charge in [0.15, 0.2) is 6.10 Å². The minimum Gasteiger partial charge on any atom is -0.488 e. The minimum atomic E-state index is -0.923. The zero-order valence-corrected chi connectivity index (χ0v) is 18.5. The number of rotatable bonds is 8. The Morgan fingerprint density at radius 3 is 2.39 bits per heavy atom. The van der Waals surface area contributed by atoms with Crippen molar-refractivity contribution >= 4 is 22.6 Å². The highest BCUT2D eigenvalue weighted by Crippen LogP contribution is 2.28. The molecule has 1 atom stereocenters. The number of fused-ring (bicyclic) bond motifs is 1. The van der Waals surface area contributed by atoms with E-state index in [1.54, 1.807) is 19.1 Å². The van der Waals surface area contributed by atoms with Gasteiger partial charge in [0.25, 0.3) is 5.91 Å². The number of carbonyl (C=O) groups is 2. The van der Waals surface area contributed by atoms with Crippen LogP contribution in [0.4, 0.5) is 0 Å². The summed E-state index contributed by atoms with van der Waals surface area (Å²) in [6, 6.07) is 11.2. The predicted molar refractivity (Wildman–Crippen MR) is 117 cm³/mol. The first-order valence-electron chi connectivity index (χ1n) is 10.3. The summed E-state index contributed by atoms with van der Waals surface area (Å²) in [7, 11) is 0. The molecule has 7 nitrogen and oxygen atoms in total. The van der Waals surface area contributed by atoms with Crippen LogP contribution < -0.4 is 10.1 Å². The van der Waals surface area contributed by atoms with E-state index in [1.807, 2.05) is 52.0 Å². The van der Waals surface area contributed by atoms with E-state index in [0.29, 0.717) is 24.0 Å². The molecule has 164 valence electrons. The quantitative estimate of drug-likeness (QED) is 0.541. The molecule has 3 rings (SSSR count). The van der Waals surface area contributed by atoms with Crippen molar-refractivity contribution in [3.8, 4) is 5.75 Å². The number of aryl methyl sites for hydroxylation is 2. The average molecular weight is 424 g/mol. The topological polar surface area (TPSA) is 90.7 Å². The molecular weight excluding hydrogens is 396 g/mol. The van der Waals surface area contributed by atoms with Gasteiger partial charge >= 0.3 is 5.97 Å². The number of amides is 1. The van der Waals surface area contributed by atoms with Crippen LogP contribution in [0.3, 0.4) is 0 Å². The molecule has 0 aliphatic heterocycles. The van der Waals surface area contributed by atoms with Crippen LogP contribution in [0.1, 0.15) is 48.1 Å². The van der Waals surface area contributed by atoms with Crippen LogP contribution in [-0.4, -0.2) is 29.7 Å². The van der Waals surface area contributed by atoms with E-state index in [9.17, 15) is 9.59 Å². The van der Waals surface area contributed by atoms with Gasteiger partial charge in [0.05, 0.1) is 11.3 Å². The van der Waals surface area contributed by atoms with E-state index in [1.165, 1.54) is 0 Å². The number of carbonyl (C=O) groups excluding carboxylic acids is 2. The molecule has 31 heavy (non-hydrogen) atoms. The van der Waals surface area contributed by atoms with Crippen molar-refractivity contribution in [3.05, 3.63) is 59.0 Å². The fourth-order valence-electron chi connectivity index (χ4n) is 3.08. The lowest BCUT2D eigenvalue weighted by Crippen LogP contribution is -2.37. The molecule has 0 unspecified atom stereocenters. The number of hydrogen-bond acceptors (Lipinski definition) is 6. The maximum absolute atomic E-state index is 12.9. The van der Waals surface area contributed by atoms with Crippen LogP contribution in [0, 0.1) is 19.8 Å². The fraction of sp³-hybridized carbons (Fsp3) is 0.375. The fourth-order valence-corrected chi connectivity index (χ4v) is 3.08. The maximum atomic E-state index is 12.9. The third-order valence-corrected chi connectivity index (χ3v) is 4.96. The van der Waals surface area contributed by atoms with Crippen LogP contribution in [0.15, 0.2) is 40.9 Å². The molecule has 1 N–H and O–H groups in total. The van der Waals surface area contributed by atoms with Crippen molar-refractivity contribution in [2.45, 2.75) is 47.3 Å². The van der Waals surface area contributed by atoms with Crippen LogP contribution >= 0.6 is 0 Å². The monoisotopic (exact) mass is 424 g/mol. The first-order valence-corrected chi connectivity index (χ1v) is 10.3. The summed E-state index contributed by atoms with van der Waals surface area (Å²) < 4.78 is 16.6. The van der Waals surface area contributed by atoms with E-state index in [2.05, 4.69) is 10.5 Å². The molecule has 1 amide bonds. The molecule has 0 fully saturated rings. The molecule has 0 spiro atoms. The van der Waals surface area contributed by atoms with Gasteiger partial charge in [-0.1, -0.05) is 43.3 Å². The van der Waals surface area contributed by atoms with Gasteiger partial charge in [-0.2, -0.15) is 0 Å². The highest BCUT2D eigenvalue weighted by Gasteiger charge is 2.23. The van der Waals surface area contributed by atoms with Crippen molar-refractivity contribution < 1.29 is 23.6 Å². The molecule has 1 heterocycles. The number of benzene rings is 2. The van der Waals surface area contributed by atoms with E-state index >= 15 is 0 Å². The molecule has 2 aromatic carbocycles. The number of hydrogen-bond donors (Lipinski definition) is 1. The van der Waals surface area contributed by atoms with Crippen LogP contribution in [0.5, 0.6) is 5.75 Å². The Balaban J connectivity index is 1.84. The van der Waals surface area contributed by atoms with E-state index in [-0.39, 0.29) is 18.1 Å². The molecule has 0 aliphatic carbocycles. The highest BCUT2D eigenvalue weighted by molar-refractivity contribution is 5.99. The van der Waals surface area contributed by atoms with E-state index < -0.39 is 12.1 Å². The Hall–Kier alpha value is -3.35. The molecule has 1 aromatic heterocycles. The summed E-state index contributed by atoms with van der Waals surface area (Å²) in [6.07, 6.45) is -0.923. The number of nitrogens with zero attached hydrogens (tertiary/aromatic N) is 1. The van der Waals surface area contributed by atoms with Gasteiger partial charge in [0.1, 0.15) is 23.7 Å². The number of esters is 1. The standard InChI is InChI=1S/C24H28N2O5/c1-14(2)12-25-23(27)17(5)30-24(28)20-10-18-8-6-7-9-19(18)11-22(20)29-13-21-15(3)26-31-16(21)4/h6-11,14,17H,12-13H2,1-5H3,(H,25,27)/t17-/m0/s1. The Kier molecular flexibility index (Phi) is 6.95. The van der Waals surface area contributed by atoms with Gasteiger partial charge < -0.3 is 19.3 Å². The molecule has 3 aromatic rings. The zero-order chi connectivity index (χ0) is 22.5. The number of nitrogens with one attached hydrogen (secondary N) is 1. The molecule has 0 saturated heterocycles. The molecule has 0 bridgehead atoms. The summed E-state index contributed by atoms with van der Waals surface area (Å²) in [5.41, 5.74) is 1.82.